The topological polar surface area (TPSA) is 69.1 Å². The van der Waals surface area contributed by atoms with Gasteiger partial charge in [0.15, 0.2) is 0 Å². The largest absolute Gasteiger partial charge is 0.370 e. The van der Waals surface area contributed by atoms with Crippen LogP contribution in [0.15, 0.2) is 0 Å². The summed E-state index contributed by atoms with van der Waals surface area (Å²) in [6, 6.07) is 0. The van der Waals surface area contributed by atoms with Crippen LogP contribution in [-0.2, 0) is 4.79 Å². The Balaban J connectivity index is 0. The molecule has 12 heavy (non-hydrogen) atoms. The zero-order chi connectivity index (χ0) is 9.82. The molecule has 0 aliphatic carbocycles. The van der Waals surface area contributed by atoms with E-state index in [0.717, 1.165) is 32.2 Å². The molecule has 1 amide bonds. The van der Waals surface area contributed by atoms with Gasteiger partial charge in [0.2, 0.25) is 5.91 Å². The standard InChI is InChI=1S/C6H13NO.C3H9N/c1-2-3-4-5-6(7)8;1-2-3-4/h2-5H2,1H3,(H2,7,8);2-4H2,1H3. The fourth-order valence-electron chi connectivity index (χ4n) is 0.549. The highest BCUT2D eigenvalue weighted by Crippen LogP contribution is 1.96. The molecule has 0 radical (unpaired) electrons. The highest BCUT2D eigenvalue weighted by molar-refractivity contribution is 5.73. The molecule has 3 nitrogen and oxygen atoms in total. The highest BCUT2D eigenvalue weighted by Gasteiger charge is 1.90. The fourth-order valence-corrected chi connectivity index (χ4v) is 0.549. The number of rotatable bonds is 5. The van der Waals surface area contributed by atoms with E-state index in [1.54, 1.807) is 0 Å². The summed E-state index contributed by atoms with van der Waals surface area (Å²) in [5.41, 5.74) is 9.92. The van der Waals surface area contributed by atoms with Crippen molar-refractivity contribution in [2.45, 2.75) is 46.0 Å². The Morgan fingerprint density at radius 3 is 1.92 bits per heavy atom. The van der Waals surface area contributed by atoms with Gasteiger partial charge in [0.25, 0.3) is 0 Å². The van der Waals surface area contributed by atoms with Crippen LogP contribution in [0.25, 0.3) is 0 Å². The molecule has 0 bridgehead atoms. The van der Waals surface area contributed by atoms with E-state index in [4.69, 9.17) is 11.5 Å². The van der Waals surface area contributed by atoms with Crippen LogP contribution in [0.1, 0.15) is 46.0 Å². The van der Waals surface area contributed by atoms with E-state index in [2.05, 4.69) is 13.8 Å². The predicted molar refractivity (Wildman–Crippen MR) is 52.7 cm³/mol. The van der Waals surface area contributed by atoms with Crippen molar-refractivity contribution in [1.29, 1.82) is 0 Å². The minimum Gasteiger partial charge on any atom is -0.370 e. The van der Waals surface area contributed by atoms with Crippen LogP contribution in [-0.4, -0.2) is 12.5 Å². The molecule has 0 saturated heterocycles. The van der Waals surface area contributed by atoms with Gasteiger partial charge < -0.3 is 11.5 Å². The van der Waals surface area contributed by atoms with E-state index in [0.29, 0.717) is 6.42 Å². The Hall–Kier alpha value is -0.570. The number of unbranched alkanes of at least 4 members (excludes halogenated alkanes) is 2. The van der Waals surface area contributed by atoms with E-state index in [9.17, 15) is 4.79 Å². The number of carbonyl (C=O) groups excluding carboxylic acids is 1. The maximum absolute atomic E-state index is 10.1. The number of primary amides is 1. The van der Waals surface area contributed by atoms with E-state index in [1.807, 2.05) is 0 Å². The van der Waals surface area contributed by atoms with Crippen molar-refractivity contribution in [3.05, 3.63) is 0 Å². The van der Waals surface area contributed by atoms with Gasteiger partial charge in [-0.05, 0) is 19.4 Å². The normalized spacial score (nSPS) is 8.58. The van der Waals surface area contributed by atoms with Crippen molar-refractivity contribution in [1.82, 2.24) is 0 Å². The second-order valence-corrected chi connectivity index (χ2v) is 2.71. The summed E-state index contributed by atoms with van der Waals surface area (Å²) in [4.78, 5) is 10.1. The predicted octanol–water partition coefficient (Wildman–Crippen LogP) is 1.41. The van der Waals surface area contributed by atoms with Crippen LogP contribution in [0.4, 0.5) is 0 Å². The molecule has 4 N–H and O–H groups in total. The summed E-state index contributed by atoms with van der Waals surface area (Å²) < 4.78 is 0. The summed E-state index contributed by atoms with van der Waals surface area (Å²) in [6.07, 6.45) is 4.86. The number of hydrogen-bond donors (Lipinski definition) is 2. The van der Waals surface area contributed by atoms with Crippen LogP contribution >= 0.6 is 0 Å². The summed E-state index contributed by atoms with van der Waals surface area (Å²) in [5, 5.41) is 0. The van der Waals surface area contributed by atoms with Crippen molar-refractivity contribution < 1.29 is 4.79 Å². The number of nitrogens with two attached hydrogens (primary N) is 2. The first-order valence-electron chi connectivity index (χ1n) is 4.67. The number of carbonyl (C=O) groups is 1. The maximum atomic E-state index is 10.1. The molecule has 0 aromatic rings. The molecule has 0 heterocycles. The third kappa shape index (κ3) is 22.7. The second kappa shape index (κ2) is 13.1. The lowest BCUT2D eigenvalue weighted by Crippen LogP contribution is -2.09. The Kier molecular flexibility index (Phi) is 15.2. The molecule has 0 aliphatic heterocycles. The average molecular weight is 174 g/mol. The smallest absolute Gasteiger partial charge is 0.217 e. The van der Waals surface area contributed by atoms with E-state index in [-0.39, 0.29) is 5.91 Å². The van der Waals surface area contributed by atoms with Gasteiger partial charge in [0.05, 0.1) is 0 Å². The Bertz CT molecular complexity index is 92.5. The summed E-state index contributed by atoms with van der Waals surface area (Å²) >= 11 is 0. The van der Waals surface area contributed by atoms with Crippen LogP contribution < -0.4 is 11.5 Å². The molecule has 3 heteroatoms. The molecule has 0 unspecified atom stereocenters. The van der Waals surface area contributed by atoms with Gasteiger partial charge in [-0.15, -0.1) is 0 Å². The molecule has 74 valence electrons. The van der Waals surface area contributed by atoms with Crippen molar-refractivity contribution >= 4 is 5.91 Å². The summed E-state index contributed by atoms with van der Waals surface area (Å²) in [5.74, 6) is -0.182. The third-order valence-electron chi connectivity index (χ3n) is 1.32. The fraction of sp³-hybridized carbons (Fsp3) is 0.889. The van der Waals surface area contributed by atoms with Gasteiger partial charge in [-0.3, -0.25) is 4.79 Å². The third-order valence-corrected chi connectivity index (χ3v) is 1.32. The van der Waals surface area contributed by atoms with Gasteiger partial charge in [-0.1, -0.05) is 26.7 Å². The zero-order valence-corrected chi connectivity index (χ0v) is 8.31. The Morgan fingerprint density at radius 1 is 1.17 bits per heavy atom. The van der Waals surface area contributed by atoms with Gasteiger partial charge in [-0.25, -0.2) is 0 Å². The van der Waals surface area contributed by atoms with Gasteiger partial charge >= 0.3 is 0 Å². The number of hydrogen-bond acceptors (Lipinski definition) is 2. The van der Waals surface area contributed by atoms with Crippen molar-refractivity contribution in [3.63, 3.8) is 0 Å². The summed E-state index contributed by atoms with van der Waals surface area (Å²) in [6.45, 7) is 4.97. The molecular formula is C9H22N2O. The van der Waals surface area contributed by atoms with Crippen LogP contribution in [0, 0.1) is 0 Å². The molecule has 0 rings (SSSR count). The van der Waals surface area contributed by atoms with E-state index in [1.165, 1.54) is 0 Å². The first kappa shape index (κ1) is 14.0. The molecule has 0 aliphatic rings. The lowest BCUT2D eigenvalue weighted by atomic mass is 10.2. The SMILES string of the molecule is CCCCCC(N)=O.CCCN. The average Bonchev–Trinajstić information content (AvgIpc) is 2.05. The lowest BCUT2D eigenvalue weighted by molar-refractivity contribution is -0.118. The van der Waals surface area contributed by atoms with Crippen LogP contribution in [0.5, 0.6) is 0 Å². The quantitative estimate of drug-likeness (QED) is 0.619. The van der Waals surface area contributed by atoms with Gasteiger partial charge in [0.1, 0.15) is 0 Å². The molecule has 0 aromatic heterocycles. The Labute approximate surface area is 75.5 Å². The zero-order valence-electron chi connectivity index (χ0n) is 8.31. The van der Waals surface area contributed by atoms with E-state index >= 15 is 0 Å². The molecule has 0 aromatic carbocycles. The molecule has 0 fully saturated rings. The maximum Gasteiger partial charge on any atom is 0.217 e. The van der Waals surface area contributed by atoms with Crippen molar-refractivity contribution in [2.24, 2.45) is 11.5 Å². The van der Waals surface area contributed by atoms with Crippen molar-refractivity contribution in [3.8, 4) is 0 Å². The van der Waals surface area contributed by atoms with Crippen LogP contribution in [0.3, 0.4) is 0 Å². The monoisotopic (exact) mass is 174 g/mol. The minimum atomic E-state index is -0.182. The summed E-state index contributed by atoms with van der Waals surface area (Å²) in [7, 11) is 0. The van der Waals surface area contributed by atoms with Crippen molar-refractivity contribution in [2.75, 3.05) is 6.54 Å². The number of amides is 1. The van der Waals surface area contributed by atoms with Gasteiger partial charge in [0, 0.05) is 6.42 Å². The lowest BCUT2D eigenvalue weighted by Gasteiger charge is -1.90. The Morgan fingerprint density at radius 2 is 1.67 bits per heavy atom. The highest BCUT2D eigenvalue weighted by atomic mass is 16.1. The molecule has 0 spiro atoms. The molecular weight excluding hydrogens is 152 g/mol. The molecule has 0 saturated carbocycles. The minimum absolute atomic E-state index is 0.182. The molecule has 0 atom stereocenters. The first-order valence-corrected chi connectivity index (χ1v) is 4.67. The van der Waals surface area contributed by atoms with Gasteiger partial charge in [-0.2, -0.15) is 0 Å². The first-order chi connectivity index (χ1) is 5.68. The van der Waals surface area contributed by atoms with E-state index < -0.39 is 0 Å². The second-order valence-electron chi connectivity index (χ2n) is 2.71. The van der Waals surface area contributed by atoms with Crippen LogP contribution in [0.2, 0.25) is 0 Å².